The normalized spacial score (nSPS) is 22.6. The van der Waals surface area contributed by atoms with Gasteiger partial charge in [0.25, 0.3) is 5.91 Å². The lowest BCUT2D eigenvalue weighted by molar-refractivity contribution is -0.118. The Hall–Kier alpha value is -6.81. The van der Waals surface area contributed by atoms with Gasteiger partial charge in [-0.1, -0.05) is 24.2 Å². The number of aromatic nitrogens is 7. The van der Waals surface area contributed by atoms with Gasteiger partial charge < -0.3 is 19.1 Å². The zero-order chi connectivity index (χ0) is 43.8. The molecule has 2 amide bonds. The maximum Gasteiger partial charge on any atom is 0.438 e. The summed E-state index contributed by atoms with van der Waals surface area (Å²) in [5, 5.41) is 15.5. The number of carbonyl (C=O) groups is 2. The lowest BCUT2D eigenvalue weighted by Crippen LogP contribution is -2.55. The fourth-order valence-corrected chi connectivity index (χ4v) is 10.9. The van der Waals surface area contributed by atoms with Crippen molar-refractivity contribution in [3.05, 3.63) is 129 Å². The number of morpholine rings is 1. The number of nitrogens with zero attached hydrogens (tertiary/aromatic N) is 9. The molecule has 7 heterocycles. The standard InChI is InChI=1S/C48H47FN10O5/c1-27-18-34(19-28(2)41(27)49)59-42(57-15-10-35(43(57)60)30-6-8-38-32(20-30)24-50-54(38)4)36-25-55(14-11-37(36)52-59)44(61)40-22-31-21-33(56-16-17-63-47(26-56)12-5-13-47)7-9-39(31)58(40)48(23-29(48)3)45-51-46(62)64-53-45/h6-10,15,18-22,24,29,35H,5,11-14,16-17,23,25-26H2,1-4H3,(H,51,53,62)/t29-,35?,48-/m0/s1. The molecule has 1 N–H and O–H groups in total. The second-order valence-corrected chi connectivity index (χ2v) is 18.5. The van der Waals surface area contributed by atoms with Crippen molar-refractivity contribution in [2.75, 3.05) is 36.0 Å². The van der Waals surface area contributed by atoms with Crippen molar-refractivity contribution in [3.63, 3.8) is 0 Å². The summed E-state index contributed by atoms with van der Waals surface area (Å²) in [6, 6.07) is 17.7. The minimum atomic E-state index is -0.814. The number of H-pyrrole nitrogens is 1. The second kappa shape index (κ2) is 13.8. The molecule has 3 aromatic carbocycles. The molecule has 64 heavy (non-hydrogen) atoms. The topological polar surface area (TPSA) is 153 Å². The molecule has 2 saturated carbocycles. The number of amides is 2. The van der Waals surface area contributed by atoms with E-state index in [1.165, 1.54) is 6.42 Å². The highest BCUT2D eigenvalue weighted by Gasteiger charge is 2.59. The summed E-state index contributed by atoms with van der Waals surface area (Å²) in [7, 11) is 1.89. The Kier molecular flexibility index (Phi) is 8.40. The summed E-state index contributed by atoms with van der Waals surface area (Å²) in [5.41, 5.74) is 6.29. The molecule has 3 fully saturated rings. The third kappa shape index (κ3) is 5.73. The number of ether oxygens (including phenoxy) is 1. The summed E-state index contributed by atoms with van der Waals surface area (Å²) >= 11 is 0. The van der Waals surface area contributed by atoms with Gasteiger partial charge in [-0.25, -0.2) is 13.9 Å². The number of fused-ring (bicyclic) bond motifs is 3. The summed E-state index contributed by atoms with van der Waals surface area (Å²) in [5.74, 6) is -0.964. The molecule has 7 aromatic rings. The van der Waals surface area contributed by atoms with E-state index in [0.29, 0.717) is 60.1 Å². The number of hydrogen-bond acceptors (Lipinski definition) is 9. The Bertz CT molecular complexity index is 3180. The van der Waals surface area contributed by atoms with Crippen LogP contribution in [0, 0.1) is 25.6 Å². The highest BCUT2D eigenvalue weighted by Crippen LogP contribution is 2.56. The third-order valence-electron chi connectivity index (χ3n) is 14.7. The predicted octanol–water partition coefficient (Wildman–Crippen LogP) is 6.53. The van der Waals surface area contributed by atoms with Crippen molar-refractivity contribution < 1.29 is 23.2 Å². The van der Waals surface area contributed by atoms with Crippen LogP contribution in [0.25, 0.3) is 27.5 Å². The molecule has 2 aliphatic carbocycles. The van der Waals surface area contributed by atoms with Gasteiger partial charge in [-0.2, -0.15) is 10.2 Å². The first-order chi connectivity index (χ1) is 30.9. The Balaban J connectivity index is 0.947. The number of aromatic amines is 1. The number of carbonyl (C=O) groups excluding carboxylic acids is 2. The van der Waals surface area contributed by atoms with Gasteiger partial charge in [0, 0.05) is 66.8 Å². The molecular weight excluding hydrogens is 816 g/mol. The molecule has 0 radical (unpaired) electrons. The fourth-order valence-electron chi connectivity index (χ4n) is 10.9. The predicted molar refractivity (Wildman–Crippen MR) is 236 cm³/mol. The van der Waals surface area contributed by atoms with Crippen molar-refractivity contribution in [2.45, 2.75) is 76.5 Å². The van der Waals surface area contributed by atoms with Crippen LogP contribution in [0.2, 0.25) is 0 Å². The quantitative estimate of drug-likeness (QED) is 0.189. The van der Waals surface area contributed by atoms with E-state index in [0.717, 1.165) is 70.2 Å². The molecule has 0 bridgehead atoms. The molecular formula is C48H47FN10O5. The van der Waals surface area contributed by atoms with Gasteiger partial charge in [-0.15, -0.1) is 0 Å². The van der Waals surface area contributed by atoms with Crippen LogP contribution in [0.1, 0.15) is 82.8 Å². The van der Waals surface area contributed by atoms with Gasteiger partial charge in [0.2, 0.25) is 5.91 Å². The Morgan fingerprint density at radius 1 is 0.969 bits per heavy atom. The Morgan fingerprint density at radius 3 is 2.50 bits per heavy atom. The van der Waals surface area contributed by atoms with Crippen LogP contribution >= 0.6 is 0 Å². The van der Waals surface area contributed by atoms with E-state index in [2.05, 4.69) is 49.8 Å². The molecule has 1 saturated heterocycles. The lowest BCUT2D eigenvalue weighted by atomic mass is 9.79. The van der Waals surface area contributed by atoms with E-state index >= 15 is 9.18 Å². The number of nitrogens with one attached hydrogen (secondary N) is 1. The summed E-state index contributed by atoms with van der Waals surface area (Å²) in [6.45, 7) is 8.32. The van der Waals surface area contributed by atoms with Crippen LogP contribution in [0.15, 0.2) is 82.4 Å². The van der Waals surface area contributed by atoms with Crippen molar-refractivity contribution in [1.29, 1.82) is 0 Å². The van der Waals surface area contributed by atoms with E-state index in [9.17, 15) is 9.59 Å². The van der Waals surface area contributed by atoms with Crippen molar-refractivity contribution >= 4 is 45.1 Å². The first-order valence-electron chi connectivity index (χ1n) is 22.1. The highest BCUT2D eigenvalue weighted by molar-refractivity contribution is 6.05. The first-order valence-corrected chi connectivity index (χ1v) is 22.1. The van der Waals surface area contributed by atoms with Gasteiger partial charge in [0.05, 0.1) is 47.8 Å². The molecule has 3 aliphatic heterocycles. The number of halogens is 1. The molecule has 5 aliphatic rings. The fraction of sp³-hybridized carbons (Fsp3) is 0.375. The lowest BCUT2D eigenvalue weighted by Gasteiger charge is -2.49. The molecule has 3 atom stereocenters. The molecule has 1 unspecified atom stereocenters. The van der Waals surface area contributed by atoms with E-state index in [4.69, 9.17) is 14.4 Å². The monoisotopic (exact) mass is 862 g/mol. The van der Waals surface area contributed by atoms with Crippen molar-refractivity contribution in [1.82, 2.24) is 39.2 Å². The van der Waals surface area contributed by atoms with Gasteiger partial charge >= 0.3 is 5.76 Å². The number of rotatable bonds is 7. The number of anilines is 2. The summed E-state index contributed by atoms with van der Waals surface area (Å²) in [6.07, 6.45) is 9.82. The largest absolute Gasteiger partial charge is 0.438 e. The highest BCUT2D eigenvalue weighted by atomic mass is 19.1. The summed E-state index contributed by atoms with van der Waals surface area (Å²) < 4.78 is 32.0. The van der Waals surface area contributed by atoms with E-state index in [1.54, 1.807) is 52.6 Å². The van der Waals surface area contributed by atoms with E-state index in [-0.39, 0.29) is 35.7 Å². The van der Waals surface area contributed by atoms with Crippen LogP contribution in [-0.2, 0) is 35.1 Å². The average Bonchev–Trinajstić information content (AvgIpc) is 3.91. The van der Waals surface area contributed by atoms with Crippen LogP contribution in [0.4, 0.5) is 15.9 Å². The molecule has 326 valence electrons. The third-order valence-corrected chi connectivity index (χ3v) is 14.7. The van der Waals surface area contributed by atoms with Gasteiger partial charge in [0.1, 0.15) is 22.9 Å². The number of hydrogen-bond donors (Lipinski definition) is 1. The average molecular weight is 863 g/mol. The van der Waals surface area contributed by atoms with Gasteiger partial charge in [-0.3, -0.25) is 28.7 Å². The van der Waals surface area contributed by atoms with E-state index < -0.39 is 17.2 Å². The molecule has 15 nitrogen and oxygen atoms in total. The number of aryl methyl sites for hydroxylation is 3. The molecule has 16 heteroatoms. The molecule has 4 aromatic heterocycles. The minimum Gasteiger partial charge on any atom is -0.371 e. The van der Waals surface area contributed by atoms with Crippen LogP contribution < -0.4 is 15.6 Å². The van der Waals surface area contributed by atoms with Gasteiger partial charge in [0.15, 0.2) is 5.82 Å². The van der Waals surface area contributed by atoms with E-state index in [1.807, 2.05) is 42.3 Å². The van der Waals surface area contributed by atoms with Crippen LogP contribution in [-0.4, -0.2) is 82.8 Å². The van der Waals surface area contributed by atoms with Gasteiger partial charge in [-0.05, 0) is 111 Å². The maximum absolute atomic E-state index is 15.4. The van der Waals surface area contributed by atoms with Crippen molar-refractivity contribution in [3.8, 4) is 5.69 Å². The maximum atomic E-state index is 15.4. The molecule has 1 spiro atoms. The zero-order valence-electron chi connectivity index (χ0n) is 36.1. The van der Waals surface area contributed by atoms with Crippen LogP contribution in [0.5, 0.6) is 0 Å². The Labute approximate surface area is 366 Å². The van der Waals surface area contributed by atoms with Crippen LogP contribution in [0.3, 0.4) is 0 Å². The SMILES string of the molecule is Cc1cc(-n2nc3c(c2N2C=CC(c4ccc5c(cnn5C)c4)C2=O)CN(C(=O)c2cc4cc(N5CCOC6(CCC6)C5)ccc4n2[C@@]2(c4noc(=O)[nH]4)C[C@@H]2C)CC3)cc(C)c1F. The smallest absolute Gasteiger partial charge is 0.371 e. The van der Waals surface area contributed by atoms with Crippen molar-refractivity contribution in [2.24, 2.45) is 13.0 Å². The summed E-state index contributed by atoms with van der Waals surface area (Å²) in [4.78, 5) is 51.1. The minimum absolute atomic E-state index is 0.0352. The second-order valence-electron chi connectivity index (χ2n) is 18.5. The number of benzene rings is 3. The first kappa shape index (κ1) is 38.8. The molecule has 12 rings (SSSR count). The Morgan fingerprint density at radius 2 is 1.77 bits per heavy atom. The zero-order valence-corrected chi connectivity index (χ0v) is 36.1.